The van der Waals surface area contributed by atoms with Gasteiger partial charge in [0, 0.05) is 33.7 Å². The molecule has 1 aromatic carbocycles. The van der Waals surface area contributed by atoms with Gasteiger partial charge in [-0.05, 0) is 51.1 Å². The number of rotatable bonds is 7. The second-order valence-electron chi connectivity index (χ2n) is 7.20. The Morgan fingerprint density at radius 2 is 1.83 bits per heavy atom. The summed E-state index contributed by atoms with van der Waals surface area (Å²) >= 11 is 5.85. The van der Waals surface area contributed by atoms with Gasteiger partial charge >= 0.3 is 0 Å². The Hall–Kier alpha value is -2.90. The van der Waals surface area contributed by atoms with Gasteiger partial charge < -0.3 is 14.7 Å². The van der Waals surface area contributed by atoms with Crippen molar-refractivity contribution >= 4 is 29.0 Å². The summed E-state index contributed by atoms with van der Waals surface area (Å²) in [7, 11) is 1.82. The minimum atomic E-state index is -0.166. The molecule has 0 aliphatic rings. The number of likely N-dealkylation sites (N-methyl/N-ethyl adjacent to an activating group) is 1. The van der Waals surface area contributed by atoms with E-state index >= 15 is 0 Å². The summed E-state index contributed by atoms with van der Waals surface area (Å²) < 4.78 is 7.05. The zero-order chi connectivity index (χ0) is 21.1. The second kappa shape index (κ2) is 8.63. The Bertz CT molecular complexity index is 1040. The van der Waals surface area contributed by atoms with E-state index in [1.54, 1.807) is 24.3 Å². The summed E-state index contributed by atoms with van der Waals surface area (Å²) in [6.07, 6.45) is 0. The van der Waals surface area contributed by atoms with Crippen LogP contribution in [0.3, 0.4) is 0 Å². The lowest BCUT2D eigenvalue weighted by Crippen LogP contribution is -3.11. The molecule has 0 fully saturated rings. The number of benzene rings is 1. The Morgan fingerprint density at radius 3 is 2.45 bits per heavy atom. The summed E-state index contributed by atoms with van der Waals surface area (Å²) in [5, 5.41) is 7.45. The molecule has 29 heavy (non-hydrogen) atoms. The molecule has 0 aliphatic heterocycles. The summed E-state index contributed by atoms with van der Waals surface area (Å²) in [5.74, 6) is 1.17. The van der Waals surface area contributed by atoms with Gasteiger partial charge in [-0.1, -0.05) is 16.8 Å². The minimum absolute atomic E-state index is 0.0265. The normalized spacial score (nSPS) is 12.0. The number of anilines is 1. The standard InChI is InChI=1S/C21H23ClN4O3/c1-13-9-18(15(3)26(13)20-10-14(2)29-24-20)19(27)11-25(4)12-21(28)23-17-7-5-16(22)6-8-17/h5-10H,11-12H2,1-4H3,(H,23,28)/p+1. The van der Waals surface area contributed by atoms with Crippen LogP contribution >= 0.6 is 11.6 Å². The number of aromatic nitrogens is 2. The summed E-state index contributed by atoms with van der Waals surface area (Å²) in [5.41, 5.74) is 3.00. The Labute approximate surface area is 174 Å². The van der Waals surface area contributed by atoms with Crippen molar-refractivity contribution < 1.29 is 19.0 Å². The smallest absolute Gasteiger partial charge is 0.279 e. The van der Waals surface area contributed by atoms with Gasteiger partial charge in [0.2, 0.25) is 5.78 Å². The van der Waals surface area contributed by atoms with Gasteiger partial charge in [0.05, 0.1) is 7.05 Å². The molecule has 1 unspecified atom stereocenters. The van der Waals surface area contributed by atoms with Crippen molar-refractivity contribution in [1.29, 1.82) is 0 Å². The van der Waals surface area contributed by atoms with Crippen molar-refractivity contribution in [3.8, 4) is 5.82 Å². The fourth-order valence-electron chi connectivity index (χ4n) is 3.30. The molecule has 0 saturated carbocycles. The number of quaternary nitrogens is 1. The Balaban J connectivity index is 1.64. The van der Waals surface area contributed by atoms with Crippen molar-refractivity contribution in [3.05, 3.63) is 64.1 Å². The molecule has 7 nitrogen and oxygen atoms in total. The maximum Gasteiger partial charge on any atom is 0.279 e. The molecule has 152 valence electrons. The highest BCUT2D eigenvalue weighted by atomic mass is 35.5. The third-order valence-corrected chi connectivity index (χ3v) is 4.88. The quantitative estimate of drug-likeness (QED) is 0.580. The first-order valence-corrected chi connectivity index (χ1v) is 9.65. The number of Topliss-reactive ketones (excluding diaryl/α,β-unsaturated/α-hetero) is 1. The lowest BCUT2D eigenvalue weighted by atomic mass is 10.1. The highest BCUT2D eigenvalue weighted by Crippen LogP contribution is 2.20. The highest BCUT2D eigenvalue weighted by molar-refractivity contribution is 6.30. The number of nitrogens with one attached hydrogen (secondary N) is 2. The van der Waals surface area contributed by atoms with Crippen LogP contribution in [0.4, 0.5) is 5.69 Å². The van der Waals surface area contributed by atoms with E-state index in [0.717, 1.165) is 16.3 Å². The Morgan fingerprint density at radius 1 is 1.14 bits per heavy atom. The molecule has 1 atom stereocenters. The molecule has 3 aromatic rings. The topological polar surface area (TPSA) is 81.6 Å². The first-order valence-electron chi connectivity index (χ1n) is 9.27. The molecule has 0 spiro atoms. The van der Waals surface area contributed by atoms with Crippen molar-refractivity contribution in [2.24, 2.45) is 0 Å². The first-order chi connectivity index (χ1) is 13.7. The van der Waals surface area contributed by atoms with Crippen LogP contribution in [0.1, 0.15) is 27.5 Å². The SMILES string of the molecule is Cc1cc(-n2c(C)cc(C(=O)C[NH+](C)CC(=O)Nc3ccc(Cl)cc3)c2C)no1. The van der Waals surface area contributed by atoms with Crippen molar-refractivity contribution in [3.63, 3.8) is 0 Å². The second-order valence-corrected chi connectivity index (χ2v) is 7.64. The maximum absolute atomic E-state index is 12.8. The molecular formula is C21H24ClN4O3+. The molecule has 8 heteroatoms. The predicted molar refractivity (Wildman–Crippen MR) is 111 cm³/mol. The first kappa shape index (κ1) is 20.8. The lowest BCUT2D eigenvalue weighted by molar-refractivity contribution is -0.861. The molecule has 2 heterocycles. The molecule has 0 bridgehead atoms. The molecule has 2 aromatic heterocycles. The fraction of sp³-hybridized carbons (Fsp3) is 0.286. The fourth-order valence-corrected chi connectivity index (χ4v) is 3.43. The zero-order valence-electron chi connectivity index (χ0n) is 16.9. The van der Waals surface area contributed by atoms with Crippen LogP contribution in [-0.2, 0) is 4.79 Å². The molecule has 2 N–H and O–H groups in total. The average molecular weight is 416 g/mol. The van der Waals surface area contributed by atoms with Gasteiger partial charge in [-0.2, -0.15) is 0 Å². The van der Waals surface area contributed by atoms with Gasteiger partial charge in [-0.15, -0.1) is 0 Å². The van der Waals surface area contributed by atoms with Gasteiger partial charge in [-0.25, -0.2) is 0 Å². The van der Waals surface area contributed by atoms with Gasteiger partial charge in [-0.3, -0.25) is 14.2 Å². The molecule has 0 saturated heterocycles. The van der Waals surface area contributed by atoms with E-state index in [1.807, 2.05) is 44.5 Å². The summed E-state index contributed by atoms with van der Waals surface area (Å²) in [6.45, 7) is 6.01. The largest absolute Gasteiger partial charge is 0.360 e. The molecule has 3 rings (SSSR count). The monoisotopic (exact) mass is 415 g/mol. The summed E-state index contributed by atoms with van der Waals surface area (Å²) in [6, 6.07) is 10.6. The maximum atomic E-state index is 12.8. The van der Waals surface area contributed by atoms with E-state index in [2.05, 4.69) is 10.5 Å². The van der Waals surface area contributed by atoms with Gasteiger partial charge in [0.1, 0.15) is 12.3 Å². The average Bonchev–Trinajstić information content (AvgIpc) is 3.19. The Kier molecular flexibility index (Phi) is 6.20. The number of nitrogens with zero attached hydrogens (tertiary/aromatic N) is 2. The molecular weight excluding hydrogens is 392 g/mol. The third-order valence-electron chi connectivity index (χ3n) is 4.63. The van der Waals surface area contributed by atoms with E-state index in [-0.39, 0.29) is 24.8 Å². The number of carbonyl (C=O) groups is 2. The number of halogens is 1. The van der Waals surface area contributed by atoms with Crippen LogP contribution in [0, 0.1) is 20.8 Å². The number of carbonyl (C=O) groups excluding carboxylic acids is 2. The molecule has 0 radical (unpaired) electrons. The molecule has 1 amide bonds. The van der Waals surface area contributed by atoms with Crippen molar-refractivity contribution in [1.82, 2.24) is 9.72 Å². The third kappa shape index (κ3) is 4.93. The predicted octanol–water partition coefficient (Wildman–Crippen LogP) is 2.38. The van der Waals surface area contributed by atoms with Crippen LogP contribution in [0.5, 0.6) is 0 Å². The number of hydrogen-bond donors (Lipinski definition) is 2. The van der Waals surface area contributed by atoms with E-state index in [1.165, 1.54) is 0 Å². The lowest BCUT2D eigenvalue weighted by Gasteiger charge is -2.13. The van der Waals surface area contributed by atoms with Gasteiger partial charge in [0.15, 0.2) is 12.4 Å². The number of ketones is 1. The summed E-state index contributed by atoms with van der Waals surface area (Å²) in [4.78, 5) is 25.9. The van der Waals surface area contributed by atoms with E-state index in [0.29, 0.717) is 27.9 Å². The van der Waals surface area contributed by atoms with Crippen molar-refractivity contribution in [2.45, 2.75) is 20.8 Å². The van der Waals surface area contributed by atoms with Crippen molar-refractivity contribution in [2.75, 3.05) is 25.5 Å². The van der Waals surface area contributed by atoms with E-state index < -0.39 is 0 Å². The van der Waals surface area contributed by atoms with Crippen LogP contribution in [-0.4, -0.2) is 41.6 Å². The van der Waals surface area contributed by atoms with Crippen LogP contribution in [0.2, 0.25) is 5.02 Å². The minimum Gasteiger partial charge on any atom is -0.360 e. The van der Waals surface area contributed by atoms with Gasteiger partial charge in [0.25, 0.3) is 5.91 Å². The van der Waals surface area contributed by atoms with E-state index in [4.69, 9.17) is 16.1 Å². The highest BCUT2D eigenvalue weighted by Gasteiger charge is 2.22. The zero-order valence-corrected chi connectivity index (χ0v) is 17.6. The number of aryl methyl sites for hydroxylation is 2. The van der Waals surface area contributed by atoms with Crippen LogP contribution < -0.4 is 10.2 Å². The van der Waals surface area contributed by atoms with E-state index in [9.17, 15) is 9.59 Å². The number of amides is 1. The van der Waals surface area contributed by atoms with Crippen LogP contribution in [0.25, 0.3) is 5.82 Å². The van der Waals surface area contributed by atoms with Crippen LogP contribution in [0.15, 0.2) is 40.9 Å². The molecule has 0 aliphatic carbocycles. The number of hydrogen-bond acceptors (Lipinski definition) is 4.